The number of halogens is 1. The summed E-state index contributed by atoms with van der Waals surface area (Å²) in [4.78, 5) is 32.3. The summed E-state index contributed by atoms with van der Waals surface area (Å²) < 4.78 is 13.4. The minimum absolute atomic E-state index is 0.0646. The van der Waals surface area contributed by atoms with Crippen molar-refractivity contribution < 1.29 is 24.0 Å². The van der Waals surface area contributed by atoms with E-state index in [4.69, 9.17) is 5.11 Å². The number of nitro benzene ring substituents is 1. The van der Waals surface area contributed by atoms with Gasteiger partial charge in [0.15, 0.2) is 0 Å². The van der Waals surface area contributed by atoms with Crippen LogP contribution in [0.15, 0.2) is 30.4 Å². The molecule has 0 bridgehead atoms. The van der Waals surface area contributed by atoms with Crippen LogP contribution in [0, 0.1) is 21.8 Å². The Morgan fingerprint density at radius 2 is 2.10 bits per heavy atom. The molecule has 110 valence electrons. The van der Waals surface area contributed by atoms with E-state index in [1.165, 1.54) is 6.08 Å². The van der Waals surface area contributed by atoms with Gasteiger partial charge in [0.1, 0.15) is 0 Å². The smallest absolute Gasteiger partial charge is 0.310 e. The second-order valence-corrected chi connectivity index (χ2v) is 4.57. The van der Waals surface area contributed by atoms with E-state index in [-0.39, 0.29) is 12.0 Å². The Bertz CT molecular complexity index is 643. The van der Waals surface area contributed by atoms with Gasteiger partial charge in [-0.25, -0.2) is 0 Å². The average molecular weight is 294 g/mol. The largest absolute Gasteiger partial charge is 0.481 e. The summed E-state index contributed by atoms with van der Waals surface area (Å²) >= 11 is 0. The van der Waals surface area contributed by atoms with Crippen molar-refractivity contribution in [2.45, 2.75) is 12.5 Å². The number of benzene rings is 1. The first-order chi connectivity index (χ1) is 9.88. The van der Waals surface area contributed by atoms with Crippen LogP contribution in [-0.4, -0.2) is 27.9 Å². The Kier molecular flexibility index (Phi) is 3.97. The van der Waals surface area contributed by atoms with Crippen LogP contribution in [0.3, 0.4) is 0 Å². The van der Waals surface area contributed by atoms with Crippen LogP contribution < -0.4 is 5.32 Å². The highest BCUT2D eigenvalue weighted by Crippen LogP contribution is 2.20. The monoisotopic (exact) mass is 294 g/mol. The standard InChI is InChI=1S/C13H11FN2O5/c14-10-6-7(2-4-11(10)16(20)21)12(17)15-9-3-1-8(5-9)13(18)19/h1-4,6,8-9H,5H2,(H,15,17)(H,18,19). The molecule has 21 heavy (non-hydrogen) atoms. The van der Waals surface area contributed by atoms with E-state index in [1.54, 1.807) is 6.08 Å². The number of nitrogens with one attached hydrogen (secondary N) is 1. The molecule has 0 saturated heterocycles. The molecule has 2 N–H and O–H groups in total. The molecular weight excluding hydrogens is 283 g/mol. The molecule has 0 radical (unpaired) electrons. The quantitative estimate of drug-likeness (QED) is 0.496. The molecule has 1 amide bonds. The number of rotatable bonds is 4. The number of nitrogens with zero attached hydrogens (tertiary/aromatic N) is 1. The van der Waals surface area contributed by atoms with Crippen molar-refractivity contribution in [3.8, 4) is 0 Å². The van der Waals surface area contributed by atoms with Gasteiger partial charge in [0.05, 0.1) is 10.8 Å². The van der Waals surface area contributed by atoms with Gasteiger partial charge in [0, 0.05) is 17.7 Å². The minimum atomic E-state index is -1.10. The van der Waals surface area contributed by atoms with Gasteiger partial charge in [0.2, 0.25) is 5.82 Å². The maximum Gasteiger partial charge on any atom is 0.310 e. The lowest BCUT2D eigenvalue weighted by atomic mass is 10.1. The molecular formula is C13H11FN2O5. The normalized spacial score (nSPS) is 20.2. The van der Waals surface area contributed by atoms with Crippen LogP contribution in [0.5, 0.6) is 0 Å². The maximum absolute atomic E-state index is 13.4. The Morgan fingerprint density at radius 3 is 2.62 bits per heavy atom. The Balaban J connectivity index is 2.05. The number of carbonyl (C=O) groups excluding carboxylic acids is 1. The molecule has 0 aliphatic heterocycles. The highest BCUT2D eigenvalue weighted by atomic mass is 19.1. The molecule has 0 saturated carbocycles. The van der Waals surface area contributed by atoms with Gasteiger partial charge in [0.25, 0.3) is 5.91 Å². The number of aliphatic carboxylic acids is 1. The zero-order chi connectivity index (χ0) is 15.6. The molecule has 0 spiro atoms. The lowest BCUT2D eigenvalue weighted by molar-refractivity contribution is -0.387. The van der Waals surface area contributed by atoms with Crippen LogP contribution >= 0.6 is 0 Å². The van der Waals surface area contributed by atoms with Gasteiger partial charge in [-0.1, -0.05) is 12.2 Å². The van der Waals surface area contributed by atoms with E-state index < -0.39 is 40.3 Å². The number of hydrogen-bond acceptors (Lipinski definition) is 4. The van der Waals surface area contributed by atoms with Crippen molar-refractivity contribution >= 4 is 17.6 Å². The molecule has 0 fully saturated rings. The summed E-state index contributed by atoms with van der Waals surface area (Å²) in [6.45, 7) is 0. The molecule has 1 aromatic carbocycles. The molecule has 1 aliphatic rings. The summed E-state index contributed by atoms with van der Waals surface area (Å²) in [5.41, 5.74) is -0.775. The first-order valence-electron chi connectivity index (χ1n) is 6.04. The molecule has 7 nitrogen and oxygen atoms in total. The van der Waals surface area contributed by atoms with E-state index in [0.29, 0.717) is 0 Å². The fourth-order valence-corrected chi connectivity index (χ4v) is 2.04. The predicted octanol–water partition coefficient (Wildman–Crippen LogP) is 1.49. The fraction of sp³-hybridized carbons (Fsp3) is 0.231. The van der Waals surface area contributed by atoms with Crippen molar-refractivity contribution in [2.24, 2.45) is 5.92 Å². The molecule has 8 heteroatoms. The lowest BCUT2D eigenvalue weighted by Gasteiger charge is -2.12. The lowest BCUT2D eigenvalue weighted by Crippen LogP contribution is -2.33. The summed E-state index contributed by atoms with van der Waals surface area (Å²) in [7, 11) is 0. The highest BCUT2D eigenvalue weighted by molar-refractivity contribution is 5.94. The van der Waals surface area contributed by atoms with Crippen LogP contribution in [0.25, 0.3) is 0 Å². The Morgan fingerprint density at radius 1 is 1.38 bits per heavy atom. The topological polar surface area (TPSA) is 110 Å². The summed E-state index contributed by atoms with van der Waals surface area (Å²) in [6, 6.07) is 2.37. The molecule has 2 atom stereocenters. The van der Waals surface area contributed by atoms with Crippen LogP contribution in [0.4, 0.5) is 10.1 Å². The zero-order valence-electron chi connectivity index (χ0n) is 10.7. The maximum atomic E-state index is 13.4. The van der Waals surface area contributed by atoms with Gasteiger partial charge in [-0.3, -0.25) is 19.7 Å². The third-order valence-electron chi connectivity index (χ3n) is 3.12. The van der Waals surface area contributed by atoms with Crippen molar-refractivity contribution in [3.63, 3.8) is 0 Å². The second-order valence-electron chi connectivity index (χ2n) is 4.57. The Hall–Kier alpha value is -2.77. The zero-order valence-corrected chi connectivity index (χ0v) is 10.7. The third kappa shape index (κ3) is 3.22. The molecule has 2 rings (SSSR count). The molecule has 1 aromatic rings. The highest BCUT2D eigenvalue weighted by Gasteiger charge is 2.26. The van der Waals surface area contributed by atoms with Crippen molar-refractivity contribution in [1.29, 1.82) is 0 Å². The fourth-order valence-electron chi connectivity index (χ4n) is 2.04. The van der Waals surface area contributed by atoms with Gasteiger partial charge >= 0.3 is 11.7 Å². The van der Waals surface area contributed by atoms with E-state index in [9.17, 15) is 24.1 Å². The minimum Gasteiger partial charge on any atom is -0.481 e. The van der Waals surface area contributed by atoms with Gasteiger partial charge in [-0.05, 0) is 18.6 Å². The molecule has 0 aromatic heterocycles. The number of carboxylic acid groups (broad SMARTS) is 1. The number of hydrogen-bond donors (Lipinski definition) is 2. The molecule has 2 unspecified atom stereocenters. The summed E-state index contributed by atoms with van der Waals surface area (Å²) in [6.07, 6.45) is 3.25. The Labute approximate surface area is 118 Å². The van der Waals surface area contributed by atoms with Crippen molar-refractivity contribution in [3.05, 3.63) is 51.8 Å². The van der Waals surface area contributed by atoms with Crippen molar-refractivity contribution in [1.82, 2.24) is 5.32 Å². The van der Waals surface area contributed by atoms with Gasteiger partial charge in [-0.15, -0.1) is 0 Å². The van der Waals surface area contributed by atoms with E-state index in [0.717, 1.165) is 18.2 Å². The van der Waals surface area contributed by atoms with Crippen LogP contribution in [0.2, 0.25) is 0 Å². The van der Waals surface area contributed by atoms with Crippen molar-refractivity contribution in [2.75, 3.05) is 0 Å². The van der Waals surface area contributed by atoms with E-state index in [2.05, 4.69) is 5.32 Å². The number of nitro groups is 1. The molecule has 1 aliphatic carbocycles. The van der Waals surface area contributed by atoms with E-state index >= 15 is 0 Å². The second kappa shape index (κ2) is 5.70. The number of amides is 1. The van der Waals surface area contributed by atoms with Crippen LogP contribution in [0.1, 0.15) is 16.8 Å². The average Bonchev–Trinajstić information content (AvgIpc) is 2.86. The first-order valence-corrected chi connectivity index (χ1v) is 6.04. The summed E-state index contributed by atoms with van der Waals surface area (Å²) in [5, 5.41) is 21.8. The number of carboxylic acids is 1. The first kappa shape index (κ1) is 14.6. The number of carbonyl (C=O) groups is 2. The van der Waals surface area contributed by atoms with Gasteiger partial charge < -0.3 is 10.4 Å². The molecule has 0 heterocycles. The predicted molar refractivity (Wildman–Crippen MR) is 69.2 cm³/mol. The summed E-state index contributed by atoms with van der Waals surface area (Å²) in [5.74, 6) is -3.37. The third-order valence-corrected chi connectivity index (χ3v) is 3.12. The SMILES string of the molecule is O=C(NC1C=CC(C(=O)O)C1)c1ccc([N+](=O)[O-])c(F)c1. The van der Waals surface area contributed by atoms with E-state index in [1.807, 2.05) is 0 Å². The van der Waals surface area contributed by atoms with Crippen LogP contribution in [-0.2, 0) is 4.79 Å². The van der Waals surface area contributed by atoms with Gasteiger partial charge in [-0.2, -0.15) is 4.39 Å².